The summed E-state index contributed by atoms with van der Waals surface area (Å²) in [5, 5.41) is 3.93. The van der Waals surface area contributed by atoms with E-state index in [1.165, 1.54) is 0 Å². The minimum Gasteiger partial charge on any atom is -0.381 e. The van der Waals surface area contributed by atoms with Crippen LogP contribution < -0.4 is 5.73 Å². The van der Waals surface area contributed by atoms with Gasteiger partial charge in [0, 0.05) is 26.0 Å². The quantitative estimate of drug-likeness (QED) is 0.841. The van der Waals surface area contributed by atoms with E-state index in [1.807, 2.05) is 6.92 Å². The molecule has 0 aliphatic rings. The molecule has 2 N–H and O–H groups in total. The van der Waals surface area contributed by atoms with Crippen molar-refractivity contribution in [3.05, 3.63) is 11.7 Å². The fourth-order valence-electron chi connectivity index (χ4n) is 1.88. The maximum atomic E-state index is 6.08. The summed E-state index contributed by atoms with van der Waals surface area (Å²) in [6.07, 6.45) is 2.32. The average Bonchev–Trinajstić information content (AvgIpc) is 2.62. The highest BCUT2D eigenvalue weighted by Crippen LogP contribution is 2.21. The maximum Gasteiger partial charge on any atom is 0.228 e. The Labute approximate surface area is 109 Å². The van der Waals surface area contributed by atoms with Gasteiger partial charge >= 0.3 is 0 Å². The largest absolute Gasteiger partial charge is 0.381 e. The van der Waals surface area contributed by atoms with Crippen molar-refractivity contribution in [1.29, 1.82) is 0 Å². The number of ether oxygens (including phenoxy) is 1. The Bertz CT molecular complexity index is 357. The van der Waals surface area contributed by atoms with E-state index in [0.717, 1.165) is 6.42 Å². The normalized spacial score (nSPS) is 15.7. The summed E-state index contributed by atoms with van der Waals surface area (Å²) in [5.41, 5.74) is 6.29. The van der Waals surface area contributed by atoms with Crippen molar-refractivity contribution in [2.75, 3.05) is 7.11 Å². The van der Waals surface area contributed by atoms with Gasteiger partial charge in [-0.25, -0.2) is 0 Å². The summed E-state index contributed by atoms with van der Waals surface area (Å²) in [4.78, 5) is 4.33. The molecule has 1 rings (SSSR count). The van der Waals surface area contributed by atoms with Gasteiger partial charge in [-0.3, -0.25) is 0 Å². The van der Waals surface area contributed by atoms with Gasteiger partial charge in [-0.1, -0.05) is 25.9 Å². The Morgan fingerprint density at radius 2 is 2.00 bits per heavy atom. The minimum atomic E-state index is 0.0538. The summed E-state index contributed by atoms with van der Waals surface area (Å²) in [6.45, 7) is 8.49. The third-order valence-corrected chi connectivity index (χ3v) is 2.69. The summed E-state index contributed by atoms with van der Waals surface area (Å²) in [7, 11) is 1.67. The van der Waals surface area contributed by atoms with Gasteiger partial charge in [0.1, 0.15) is 0 Å². The lowest BCUT2D eigenvalue weighted by Gasteiger charge is -2.21. The zero-order valence-corrected chi connectivity index (χ0v) is 12.1. The van der Waals surface area contributed by atoms with E-state index < -0.39 is 0 Å². The Morgan fingerprint density at radius 1 is 1.33 bits per heavy atom. The van der Waals surface area contributed by atoms with Crippen LogP contribution in [0.15, 0.2) is 4.52 Å². The van der Waals surface area contributed by atoms with Crippen LogP contribution in [0.3, 0.4) is 0 Å². The highest BCUT2D eigenvalue weighted by atomic mass is 16.5. The van der Waals surface area contributed by atoms with E-state index in [9.17, 15) is 0 Å². The summed E-state index contributed by atoms with van der Waals surface area (Å²) in [5.74, 6) is 1.30. The number of nitrogens with zero attached hydrogens (tertiary/aromatic N) is 2. The van der Waals surface area contributed by atoms with Gasteiger partial charge in [0.05, 0.1) is 6.10 Å². The van der Waals surface area contributed by atoms with E-state index in [2.05, 4.69) is 30.9 Å². The van der Waals surface area contributed by atoms with Crippen LogP contribution in [0.1, 0.15) is 45.8 Å². The van der Waals surface area contributed by atoms with Crippen molar-refractivity contribution in [1.82, 2.24) is 10.1 Å². The van der Waals surface area contributed by atoms with Crippen molar-refractivity contribution in [2.45, 2.75) is 59.1 Å². The molecule has 0 saturated carbocycles. The summed E-state index contributed by atoms with van der Waals surface area (Å²) in [6, 6.07) is 0.0538. The van der Waals surface area contributed by atoms with Crippen LogP contribution in [0, 0.1) is 5.41 Å². The van der Waals surface area contributed by atoms with E-state index in [4.69, 9.17) is 15.0 Å². The fraction of sp³-hybridized carbons (Fsp3) is 0.846. The molecule has 1 aromatic heterocycles. The van der Waals surface area contributed by atoms with E-state index in [0.29, 0.717) is 24.6 Å². The van der Waals surface area contributed by atoms with Gasteiger partial charge in [0.2, 0.25) is 5.89 Å². The van der Waals surface area contributed by atoms with Crippen LogP contribution in [0.25, 0.3) is 0 Å². The maximum absolute atomic E-state index is 6.08. The van der Waals surface area contributed by atoms with E-state index >= 15 is 0 Å². The number of rotatable bonds is 6. The van der Waals surface area contributed by atoms with Crippen LogP contribution in [-0.2, 0) is 17.6 Å². The Balaban J connectivity index is 2.48. The molecule has 0 fully saturated rings. The van der Waals surface area contributed by atoms with E-state index in [1.54, 1.807) is 7.11 Å². The van der Waals surface area contributed by atoms with Gasteiger partial charge in [0.25, 0.3) is 0 Å². The lowest BCUT2D eigenvalue weighted by atomic mass is 9.87. The Hall–Kier alpha value is -0.940. The highest BCUT2D eigenvalue weighted by Gasteiger charge is 2.18. The second-order valence-electron chi connectivity index (χ2n) is 6.08. The Kier molecular flexibility index (Phi) is 5.28. The first-order chi connectivity index (χ1) is 8.30. The molecular weight excluding hydrogens is 230 g/mol. The van der Waals surface area contributed by atoms with Gasteiger partial charge in [-0.2, -0.15) is 4.98 Å². The molecule has 5 heteroatoms. The van der Waals surface area contributed by atoms with Crippen LogP contribution in [0.2, 0.25) is 0 Å². The Morgan fingerprint density at radius 3 is 2.56 bits per heavy atom. The highest BCUT2D eigenvalue weighted by molar-refractivity contribution is 4.91. The lowest BCUT2D eigenvalue weighted by molar-refractivity contribution is 0.116. The van der Waals surface area contributed by atoms with Gasteiger partial charge in [0.15, 0.2) is 5.82 Å². The van der Waals surface area contributed by atoms with Gasteiger partial charge < -0.3 is 15.0 Å². The van der Waals surface area contributed by atoms with Gasteiger partial charge in [-0.15, -0.1) is 0 Å². The van der Waals surface area contributed by atoms with Crippen LogP contribution in [-0.4, -0.2) is 29.4 Å². The number of hydrogen-bond donors (Lipinski definition) is 1. The lowest BCUT2D eigenvalue weighted by Crippen LogP contribution is -2.28. The molecule has 104 valence electrons. The molecule has 18 heavy (non-hydrogen) atoms. The molecule has 0 saturated heterocycles. The first kappa shape index (κ1) is 15.1. The van der Waals surface area contributed by atoms with Crippen LogP contribution in [0.4, 0.5) is 0 Å². The molecule has 2 atom stereocenters. The molecule has 0 aromatic carbocycles. The zero-order valence-electron chi connectivity index (χ0n) is 12.1. The standard InChI is InChI=1S/C13H25N3O2/c1-9(17-5)6-11-15-12(18-16-11)7-10(14)8-13(2,3)4/h9-10H,6-8,14H2,1-5H3. The molecule has 5 nitrogen and oxygen atoms in total. The van der Waals surface area contributed by atoms with Crippen molar-refractivity contribution < 1.29 is 9.26 Å². The summed E-state index contributed by atoms with van der Waals surface area (Å²) >= 11 is 0. The van der Waals surface area contributed by atoms with Crippen molar-refractivity contribution in [3.63, 3.8) is 0 Å². The molecular formula is C13H25N3O2. The number of nitrogens with two attached hydrogens (primary N) is 1. The van der Waals surface area contributed by atoms with E-state index in [-0.39, 0.29) is 17.6 Å². The molecule has 1 heterocycles. The molecule has 1 aromatic rings. The molecule has 0 amide bonds. The smallest absolute Gasteiger partial charge is 0.228 e. The van der Waals surface area contributed by atoms with Crippen molar-refractivity contribution in [2.24, 2.45) is 11.1 Å². The first-order valence-electron chi connectivity index (χ1n) is 6.40. The van der Waals surface area contributed by atoms with Crippen molar-refractivity contribution >= 4 is 0 Å². The molecule has 0 aliphatic carbocycles. The fourth-order valence-corrected chi connectivity index (χ4v) is 1.88. The molecule has 0 aliphatic heterocycles. The van der Waals surface area contributed by atoms with Crippen LogP contribution in [0.5, 0.6) is 0 Å². The number of methoxy groups -OCH3 is 1. The predicted octanol–water partition coefficient (Wildman–Crippen LogP) is 1.95. The van der Waals surface area contributed by atoms with Crippen molar-refractivity contribution in [3.8, 4) is 0 Å². The second kappa shape index (κ2) is 6.29. The molecule has 0 spiro atoms. The third-order valence-electron chi connectivity index (χ3n) is 2.69. The summed E-state index contributed by atoms with van der Waals surface area (Å²) < 4.78 is 10.4. The third kappa shape index (κ3) is 5.60. The molecule has 0 bridgehead atoms. The zero-order chi connectivity index (χ0) is 13.8. The SMILES string of the molecule is COC(C)Cc1noc(CC(N)CC(C)(C)C)n1. The van der Waals surface area contributed by atoms with Gasteiger partial charge in [-0.05, 0) is 18.8 Å². The predicted molar refractivity (Wildman–Crippen MR) is 70.2 cm³/mol. The second-order valence-corrected chi connectivity index (χ2v) is 6.08. The first-order valence-corrected chi connectivity index (χ1v) is 6.40. The monoisotopic (exact) mass is 255 g/mol. The number of hydrogen-bond acceptors (Lipinski definition) is 5. The number of aromatic nitrogens is 2. The average molecular weight is 255 g/mol. The molecule has 0 radical (unpaired) electrons. The minimum absolute atomic E-state index is 0.0538. The van der Waals surface area contributed by atoms with Crippen LogP contribution >= 0.6 is 0 Å². The molecule has 2 unspecified atom stereocenters. The topological polar surface area (TPSA) is 74.2 Å².